The smallest absolute Gasteiger partial charge is 0.229 e. The largest absolute Gasteiger partial charge is 0.354 e. The summed E-state index contributed by atoms with van der Waals surface area (Å²) in [5.74, 6) is 0.270. The number of halogens is 1. The number of alkyl halides is 1. The highest BCUT2D eigenvalue weighted by molar-refractivity contribution is 7.92. The summed E-state index contributed by atoms with van der Waals surface area (Å²) in [4.78, 5) is 4.73. The first-order valence-electron chi connectivity index (χ1n) is 8.65. The van der Waals surface area contributed by atoms with Crippen LogP contribution < -0.4 is 10.0 Å². The number of nitrogens with zero attached hydrogens (tertiary/aromatic N) is 1. The van der Waals surface area contributed by atoms with Crippen LogP contribution in [0.25, 0.3) is 21.8 Å². The maximum absolute atomic E-state index is 11.6. The van der Waals surface area contributed by atoms with Gasteiger partial charge >= 0.3 is 0 Å². The van der Waals surface area contributed by atoms with Crippen molar-refractivity contribution in [1.29, 1.82) is 0 Å². The van der Waals surface area contributed by atoms with Gasteiger partial charge in [0.05, 0.1) is 28.7 Å². The fourth-order valence-corrected chi connectivity index (χ4v) is 3.93. The molecule has 0 saturated carbocycles. The van der Waals surface area contributed by atoms with Crippen molar-refractivity contribution in [2.24, 2.45) is 0 Å². The van der Waals surface area contributed by atoms with Crippen LogP contribution in [-0.2, 0) is 15.9 Å². The van der Waals surface area contributed by atoms with E-state index in [1.807, 2.05) is 54.6 Å². The number of hydrogen-bond donors (Lipinski definition) is 2. The number of nitrogens with one attached hydrogen (secondary N) is 2. The number of para-hydroxylation sites is 2. The van der Waals surface area contributed by atoms with Crippen molar-refractivity contribution in [3.05, 3.63) is 72.3 Å². The van der Waals surface area contributed by atoms with Crippen molar-refractivity contribution in [3.63, 3.8) is 0 Å². The lowest BCUT2D eigenvalue weighted by Crippen LogP contribution is -2.10. The number of fused-ring (bicyclic) bond motifs is 2. The number of aromatic nitrogens is 1. The van der Waals surface area contributed by atoms with Gasteiger partial charge in [-0.1, -0.05) is 36.4 Å². The van der Waals surface area contributed by atoms with E-state index >= 15 is 0 Å². The van der Waals surface area contributed by atoms with Gasteiger partial charge in [0, 0.05) is 22.3 Å². The van der Waals surface area contributed by atoms with Crippen LogP contribution in [0.4, 0.5) is 17.1 Å². The highest BCUT2D eigenvalue weighted by Gasteiger charge is 2.11. The molecule has 142 valence electrons. The topological polar surface area (TPSA) is 71.1 Å². The van der Waals surface area contributed by atoms with E-state index in [9.17, 15) is 8.42 Å². The zero-order valence-electron chi connectivity index (χ0n) is 15.1. The molecule has 0 atom stereocenters. The Morgan fingerprint density at radius 1 is 0.893 bits per heavy atom. The van der Waals surface area contributed by atoms with Crippen LogP contribution >= 0.6 is 11.6 Å². The molecule has 2 N–H and O–H groups in total. The second-order valence-corrected chi connectivity index (χ2v) is 8.59. The van der Waals surface area contributed by atoms with E-state index in [0.29, 0.717) is 5.69 Å². The Balaban J connectivity index is 1.88. The predicted octanol–water partition coefficient (Wildman–Crippen LogP) is 5.24. The molecule has 0 aliphatic rings. The second-order valence-electron chi connectivity index (χ2n) is 6.57. The van der Waals surface area contributed by atoms with Gasteiger partial charge in [-0.3, -0.25) is 4.72 Å². The molecule has 7 heteroatoms. The minimum atomic E-state index is -3.39. The van der Waals surface area contributed by atoms with Crippen LogP contribution in [-0.4, -0.2) is 19.7 Å². The Morgan fingerprint density at radius 2 is 1.46 bits per heavy atom. The summed E-state index contributed by atoms with van der Waals surface area (Å²) >= 11 is 6.02. The van der Waals surface area contributed by atoms with Crippen molar-refractivity contribution >= 4 is 60.5 Å². The van der Waals surface area contributed by atoms with Gasteiger partial charge in [-0.25, -0.2) is 13.4 Å². The third kappa shape index (κ3) is 3.88. The maximum Gasteiger partial charge on any atom is 0.229 e. The summed E-state index contributed by atoms with van der Waals surface area (Å²) in [6.45, 7) is 0. The van der Waals surface area contributed by atoms with Gasteiger partial charge in [-0.2, -0.15) is 0 Å². The Hall–Kier alpha value is -2.83. The second kappa shape index (κ2) is 7.30. The monoisotopic (exact) mass is 411 g/mol. The first-order chi connectivity index (χ1) is 13.4. The Labute approximate surface area is 168 Å². The van der Waals surface area contributed by atoms with Crippen LogP contribution in [0.15, 0.2) is 66.7 Å². The molecule has 1 aromatic heterocycles. The number of benzene rings is 3. The van der Waals surface area contributed by atoms with Gasteiger partial charge in [0.2, 0.25) is 10.0 Å². The van der Waals surface area contributed by atoms with E-state index in [0.717, 1.165) is 45.0 Å². The molecule has 1 heterocycles. The number of sulfonamides is 1. The van der Waals surface area contributed by atoms with E-state index in [2.05, 4.69) is 10.0 Å². The minimum Gasteiger partial charge on any atom is -0.354 e. The highest BCUT2D eigenvalue weighted by atomic mass is 35.5. The normalized spacial score (nSPS) is 11.6. The summed E-state index contributed by atoms with van der Waals surface area (Å²) in [6.07, 6.45) is 1.12. The van der Waals surface area contributed by atoms with Gasteiger partial charge < -0.3 is 5.32 Å². The zero-order valence-corrected chi connectivity index (χ0v) is 16.7. The van der Waals surface area contributed by atoms with E-state index in [-0.39, 0.29) is 5.88 Å². The van der Waals surface area contributed by atoms with Crippen molar-refractivity contribution in [1.82, 2.24) is 4.98 Å². The van der Waals surface area contributed by atoms with E-state index < -0.39 is 10.0 Å². The van der Waals surface area contributed by atoms with Crippen molar-refractivity contribution < 1.29 is 8.42 Å². The summed E-state index contributed by atoms with van der Waals surface area (Å²) < 4.78 is 25.8. The summed E-state index contributed by atoms with van der Waals surface area (Å²) in [6, 6.07) is 21.2. The fourth-order valence-electron chi connectivity index (χ4n) is 3.23. The first kappa shape index (κ1) is 18.5. The highest BCUT2D eigenvalue weighted by Crippen LogP contribution is 2.34. The summed E-state index contributed by atoms with van der Waals surface area (Å²) in [5.41, 5.74) is 4.69. The molecule has 0 fully saturated rings. The molecule has 3 aromatic carbocycles. The number of hydrogen-bond acceptors (Lipinski definition) is 4. The predicted molar refractivity (Wildman–Crippen MR) is 117 cm³/mol. The maximum atomic E-state index is 11.6. The van der Waals surface area contributed by atoms with E-state index in [1.165, 1.54) is 0 Å². The van der Waals surface area contributed by atoms with Crippen LogP contribution in [0.5, 0.6) is 0 Å². The molecule has 5 nitrogen and oxygen atoms in total. The standard InChI is InChI=1S/C21H18ClN3O2S/c1-28(26,27)25-16-11-14(13-22)10-15(12-16)23-21-17-6-2-4-8-19(17)24-20-9-5-3-7-18(20)21/h2-12,25H,13H2,1H3,(H,23,24). The Kier molecular flexibility index (Phi) is 4.83. The zero-order chi connectivity index (χ0) is 19.7. The molecule has 0 unspecified atom stereocenters. The molecule has 0 aliphatic heterocycles. The van der Waals surface area contributed by atoms with Gasteiger partial charge in [0.15, 0.2) is 0 Å². The SMILES string of the molecule is CS(=O)(=O)Nc1cc(CCl)cc(Nc2c3ccccc3nc3ccccc23)c1. The number of rotatable bonds is 5. The average Bonchev–Trinajstić information content (AvgIpc) is 2.66. The van der Waals surface area contributed by atoms with Gasteiger partial charge in [-0.05, 0) is 35.9 Å². The van der Waals surface area contributed by atoms with Crippen LogP contribution in [0.3, 0.4) is 0 Å². The third-order valence-corrected chi connectivity index (χ3v) is 5.22. The molecule has 4 rings (SSSR count). The third-order valence-electron chi connectivity index (χ3n) is 4.31. The van der Waals surface area contributed by atoms with Crippen LogP contribution in [0, 0.1) is 0 Å². The van der Waals surface area contributed by atoms with Crippen LogP contribution in [0.1, 0.15) is 5.56 Å². The molecule has 4 aromatic rings. The minimum absolute atomic E-state index is 0.270. The molecule has 0 spiro atoms. The lowest BCUT2D eigenvalue weighted by atomic mass is 10.1. The molecule has 0 saturated heterocycles. The van der Waals surface area contributed by atoms with Crippen molar-refractivity contribution in [2.45, 2.75) is 5.88 Å². The van der Waals surface area contributed by atoms with Gasteiger partial charge in [0.1, 0.15) is 0 Å². The molecular formula is C21H18ClN3O2S. The summed E-state index contributed by atoms with van der Waals surface area (Å²) in [7, 11) is -3.39. The Morgan fingerprint density at radius 3 is 2.04 bits per heavy atom. The molecule has 0 aliphatic carbocycles. The molecular weight excluding hydrogens is 394 g/mol. The average molecular weight is 412 g/mol. The van der Waals surface area contributed by atoms with Gasteiger partial charge in [0.25, 0.3) is 0 Å². The lowest BCUT2D eigenvalue weighted by molar-refractivity contribution is 0.607. The molecule has 0 radical (unpaired) electrons. The van der Waals surface area contributed by atoms with Crippen LogP contribution in [0.2, 0.25) is 0 Å². The molecule has 0 amide bonds. The summed E-state index contributed by atoms with van der Waals surface area (Å²) in [5, 5.41) is 5.42. The fraction of sp³-hybridized carbons (Fsp3) is 0.0952. The molecule has 0 bridgehead atoms. The van der Waals surface area contributed by atoms with Gasteiger partial charge in [-0.15, -0.1) is 11.6 Å². The quantitative estimate of drug-likeness (QED) is 0.348. The van der Waals surface area contributed by atoms with Crippen molar-refractivity contribution in [3.8, 4) is 0 Å². The first-order valence-corrected chi connectivity index (χ1v) is 11.1. The Bertz CT molecular complexity index is 1240. The van der Waals surface area contributed by atoms with Crippen molar-refractivity contribution in [2.75, 3.05) is 16.3 Å². The lowest BCUT2D eigenvalue weighted by Gasteiger charge is -2.15. The molecule has 28 heavy (non-hydrogen) atoms. The number of anilines is 3. The van der Waals surface area contributed by atoms with E-state index in [4.69, 9.17) is 16.6 Å². The van der Waals surface area contributed by atoms with E-state index in [1.54, 1.807) is 12.1 Å². The number of pyridine rings is 1.